The average molecular weight is 324 g/mol. The fraction of sp³-hybridized carbons (Fsp3) is 0.133. The van der Waals surface area contributed by atoms with Gasteiger partial charge in [-0.05, 0) is 36.5 Å². The maximum absolute atomic E-state index is 13.1. The Morgan fingerprint density at radius 2 is 1.45 bits per heavy atom. The third-order valence-corrected chi connectivity index (χ3v) is 3.02. The molecule has 0 saturated heterocycles. The van der Waals surface area contributed by atoms with E-state index in [2.05, 4.69) is 10.6 Å². The topological polar surface area (TPSA) is 42.5 Å². The third-order valence-electron chi connectivity index (χ3n) is 2.82. The van der Waals surface area contributed by atoms with Gasteiger partial charge in [0.25, 0.3) is 0 Å². The summed E-state index contributed by atoms with van der Waals surface area (Å²) in [6, 6.07) is 8.62. The van der Waals surface area contributed by atoms with Crippen LogP contribution in [-0.2, 0) is 0 Å². The third kappa shape index (κ3) is 3.82. The molecule has 0 aliphatic carbocycles. The number of anilines is 2. The van der Waals surface area contributed by atoms with Gasteiger partial charge >= 0.3 is 0 Å². The average Bonchev–Trinajstić information content (AvgIpc) is 2.50. The Kier molecular flexibility index (Phi) is 5.11. The van der Waals surface area contributed by atoms with Gasteiger partial charge in [-0.25, -0.2) is 8.78 Å². The highest BCUT2D eigenvalue weighted by atomic mass is 32.1. The highest BCUT2D eigenvalue weighted by Gasteiger charge is 2.07. The molecule has 0 unspecified atom stereocenters. The number of thiocarbonyl (C=S) groups is 1. The van der Waals surface area contributed by atoms with Crippen molar-refractivity contribution >= 4 is 28.7 Å². The second-order valence-electron chi connectivity index (χ2n) is 4.28. The first-order valence-electron chi connectivity index (χ1n) is 6.28. The van der Waals surface area contributed by atoms with Crippen LogP contribution < -0.4 is 20.1 Å². The molecule has 0 fully saturated rings. The molecule has 0 aliphatic heterocycles. The van der Waals surface area contributed by atoms with Gasteiger partial charge in [0.15, 0.2) is 28.2 Å². The molecular formula is C15H14F2N2O2S. The van der Waals surface area contributed by atoms with Gasteiger partial charge in [0.1, 0.15) is 0 Å². The maximum atomic E-state index is 13.1. The molecule has 0 heterocycles. The number of hydrogen-bond acceptors (Lipinski definition) is 3. The van der Waals surface area contributed by atoms with Crippen LogP contribution in [0.1, 0.15) is 0 Å². The molecule has 0 radical (unpaired) electrons. The lowest BCUT2D eigenvalue weighted by molar-refractivity contribution is 0.355. The molecule has 2 rings (SSSR count). The van der Waals surface area contributed by atoms with E-state index in [-0.39, 0.29) is 5.11 Å². The smallest absolute Gasteiger partial charge is 0.175 e. The molecule has 22 heavy (non-hydrogen) atoms. The van der Waals surface area contributed by atoms with Crippen LogP contribution in [0.5, 0.6) is 11.5 Å². The van der Waals surface area contributed by atoms with Crippen LogP contribution in [0.15, 0.2) is 36.4 Å². The van der Waals surface area contributed by atoms with E-state index in [0.29, 0.717) is 22.9 Å². The monoisotopic (exact) mass is 324 g/mol. The van der Waals surface area contributed by atoms with Crippen molar-refractivity contribution < 1.29 is 18.3 Å². The first kappa shape index (κ1) is 16.0. The lowest BCUT2D eigenvalue weighted by Gasteiger charge is -2.13. The van der Waals surface area contributed by atoms with E-state index in [1.54, 1.807) is 25.3 Å². The SMILES string of the molecule is COc1ccc(NC(=S)Nc2ccc(F)c(F)c2)cc1OC. The van der Waals surface area contributed by atoms with E-state index in [1.807, 2.05) is 0 Å². The van der Waals surface area contributed by atoms with E-state index in [9.17, 15) is 8.78 Å². The minimum atomic E-state index is -0.945. The number of methoxy groups -OCH3 is 2. The molecule has 2 aromatic carbocycles. The van der Waals surface area contributed by atoms with Crippen molar-refractivity contribution in [2.45, 2.75) is 0 Å². The Bertz CT molecular complexity index is 695. The molecule has 2 aromatic rings. The van der Waals surface area contributed by atoms with E-state index in [0.717, 1.165) is 12.1 Å². The van der Waals surface area contributed by atoms with Crippen molar-refractivity contribution in [2.24, 2.45) is 0 Å². The lowest BCUT2D eigenvalue weighted by atomic mass is 10.2. The zero-order chi connectivity index (χ0) is 16.1. The molecule has 0 saturated carbocycles. The number of ether oxygens (including phenoxy) is 2. The summed E-state index contributed by atoms with van der Waals surface area (Å²) in [6.07, 6.45) is 0. The van der Waals surface area contributed by atoms with Gasteiger partial charge in [-0.1, -0.05) is 0 Å². The highest BCUT2D eigenvalue weighted by molar-refractivity contribution is 7.80. The zero-order valence-electron chi connectivity index (χ0n) is 11.9. The van der Waals surface area contributed by atoms with E-state index in [1.165, 1.54) is 13.2 Å². The standard InChI is InChI=1S/C15H14F2N2O2S/c1-20-13-6-4-10(8-14(13)21-2)19-15(22)18-9-3-5-11(16)12(17)7-9/h3-8H,1-2H3,(H2,18,19,22). The van der Waals surface area contributed by atoms with Crippen LogP contribution in [0.3, 0.4) is 0 Å². The summed E-state index contributed by atoms with van der Waals surface area (Å²) in [6.45, 7) is 0. The number of halogens is 2. The van der Waals surface area contributed by atoms with Crippen molar-refractivity contribution in [1.29, 1.82) is 0 Å². The summed E-state index contributed by atoms with van der Waals surface area (Å²) in [4.78, 5) is 0. The van der Waals surface area contributed by atoms with Crippen molar-refractivity contribution in [3.63, 3.8) is 0 Å². The molecule has 0 amide bonds. The van der Waals surface area contributed by atoms with Gasteiger partial charge in [0.05, 0.1) is 14.2 Å². The maximum Gasteiger partial charge on any atom is 0.175 e. The summed E-state index contributed by atoms with van der Waals surface area (Å²) in [5, 5.41) is 5.92. The van der Waals surface area contributed by atoms with Crippen molar-refractivity contribution in [2.75, 3.05) is 24.9 Å². The minimum Gasteiger partial charge on any atom is -0.493 e. The number of rotatable bonds is 4. The van der Waals surface area contributed by atoms with E-state index in [4.69, 9.17) is 21.7 Å². The molecule has 0 spiro atoms. The van der Waals surface area contributed by atoms with Crippen LogP contribution in [-0.4, -0.2) is 19.3 Å². The molecule has 0 atom stereocenters. The van der Waals surface area contributed by atoms with Crippen molar-refractivity contribution in [1.82, 2.24) is 0 Å². The quantitative estimate of drug-likeness (QED) is 0.838. The predicted octanol–water partition coefficient (Wildman–Crippen LogP) is 3.79. The van der Waals surface area contributed by atoms with E-state index >= 15 is 0 Å². The van der Waals surface area contributed by atoms with E-state index < -0.39 is 11.6 Å². The Labute approximate surface area is 132 Å². The highest BCUT2D eigenvalue weighted by Crippen LogP contribution is 2.29. The van der Waals surface area contributed by atoms with Gasteiger partial charge in [0.2, 0.25) is 0 Å². The molecule has 2 N–H and O–H groups in total. The predicted molar refractivity (Wildman–Crippen MR) is 85.7 cm³/mol. The first-order chi connectivity index (χ1) is 10.5. The summed E-state index contributed by atoms with van der Waals surface area (Å²) < 4.78 is 36.3. The van der Waals surface area contributed by atoms with Crippen molar-refractivity contribution in [3.05, 3.63) is 48.0 Å². The normalized spacial score (nSPS) is 10.0. The summed E-state index contributed by atoms with van der Waals surface area (Å²) in [5.41, 5.74) is 1.01. The number of nitrogens with one attached hydrogen (secondary N) is 2. The van der Waals surface area contributed by atoms with Crippen molar-refractivity contribution in [3.8, 4) is 11.5 Å². The molecular weight excluding hydrogens is 310 g/mol. The van der Waals surface area contributed by atoms with Crippen LogP contribution in [0.25, 0.3) is 0 Å². The van der Waals surface area contributed by atoms with Gasteiger partial charge in [-0.2, -0.15) is 0 Å². The molecule has 0 aliphatic rings. The second-order valence-corrected chi connectivity index (χ2v) is 4.69. The first-order valence-corrected chi connectivity index (χ1v) is 6.69. The molecule has 7 heteroatoms. The molecule has 0 bridgehead atoms. The van der Waals surface area contributed by atoms with Crippen LogP contribution in [0.4, 0.5) is 20.2 Å². The Hall–Kier alpha value is -2.41. The van der Waals surface area contributed by atoms with Gasteiger partial charge in [-0.15, -0.1) is 0 Å². The fourth-order valence-corrected chi connectivity index (χ4v) is 2.02. The summed E-state index contributed by atoms with van der Waals surface area (Å²) >= 11 is 5.12. The Morgan fingerprint density at radius 3 is 2.05 bits per heavy atom. The Balaban J connectivity index is 2.07. The zero-order valence-corrected chi connectivity index (χ0v) is 12.8. The summed E-state index contributed by atoms with van der Waals surface area (Å²) in [7, 11) is 3.07. The lowest BCUT2D eigenvalue weighted by Crippen LogP contribution is -2.19. The summed E-state index contributed by atoms with van der Waals surface area (Å²) in [5.74, 6) is -0.723. The molecule has 116 valence electrons. The second kappa shape index (κ2) is 7.04. The van der Waals surface area contributed by atoms with Crippen LogP contribution >= 0.6 is 12.2 Å². The largest absolute Gasteiger partial charge is 0.493 e. The van der Waals surface area contributed by atoms with Gasteiger partial charge < -0.3 is 20.1 Å². The van der Waals surface area contributed by atoms with Crippen LogP contribution in [0, 0.1) is 11.6 Å². The van der Waals surface area contributed by atoms with Gasteiger partial charge in [0, 0.05) is 23.5 Å². The van der Waals surface area contributed by atoms with Gasteiger partial charge in [-0.3, -0.25) is 0 Å². The fourth-order valence-electron chi connectivity index (χ4n) is 1.78. The minimum absolute atomic E-state index is 0.234. The number of hydrogen-bond donors (Lipinski definition) is 2. The molecule has 4 nitrogen and oxygen atoms in total. The molecule has 0 aromatic heterocycles. The Morgan fingerprint density at radius 1 is 0.864 bits per heavy atom. The number of benzene rings is 2. The van der Waals surface area contributed by atoms with Crippen LogP contribution in [0.2, 0.25) is 0 Å².